The average Bonchev–Trinajstić information content (AvgIpc) is 1.68. The van der Waals surface area contributed by atoms with Gasteiger partial charge in [0, 0.05) is 0 Å². The number of aliphatic imine (C=N–C) groups is 2. The molecule has 0 radical (unpaired) electrons. The summed E-state index contributed by atoms with van der Waals surface area (Å²) >= 11 is 3.82. The van der Waals surface area contributed by atoms with Gasteiger partial charge in [-0.05, 0) is 6.72 Å². The lowest BCUT2D eigenvalue weighted by Crippen LogP contribution is -2.15. The van der Waals surface area contributed by atoms with Crippen molar-refractivity contribution >= 4 is 25.2 Å². The molecule has 0 spiro atoms. The Kier molecular flexibility index (Phi) is 4.35. The van der Waals surface area contributed by atoms with Crippen molar-refractivity contribution in [2.45, 2.75) is 0 Å². The van der Waals surface area contributed by atoms with Gasteiger partial charge in [-0.15, -0.1) is 0 Å². The molecule has 0 atom stereocenters. The highest BCUT2D eigenvalue weighted by atomic mass is 32.1. The molecule has 0 aliphatic carbocycles. The number of hydrogen-bond acceptors (Lipinski definition) is 3. The van der Waals surface area contributed by atoms with Crippen molar-refractivity contribution in [3.63, 3.8) is 0 Å². The Balaban J connectivity index is 3.44. The Morgan fingerprint density at radius 3 is 2.75 bits per heavy atom. The van der Waals surface area contributed by atoms with Gasteiger partial charge in [-0.25, -0.2) is 0 Å². The van der Waals surface area contributed by atoms with Gasteiger partial charge in [0.05, 0.1) is 12.4 Å². The first-order valence-corrected chi connectivity index (χ1v) is 2.76. The standard InChI is InChI=1S/C4H9N3S/c1-6-2-4(5)7-3-8/h8H,1-3H2,(H2,5,7). The molecular formula is C4H9N3S. The summed E-state index contributed by atoms with van der Waals surface area (Å²) in [6.45, 7) is 3.65. The molecule has 0 heterocycles. The van der Waals surface area contributed by atoms with Gasteiger partial charge in [0.2, 0.25) is 0 Å². The molecule has 3 nitrogen and oxygen atoms in total. The molecule has 0 rings (SSSR count). The lowest BCUT2D eigenvalue weighted by Gasteiger charge is -1.89. The maximum Gasteiger partial charge on any atom is 0.116 e. The minimum atomic E-state index is 0.403. The molecule has 0 aromatic rings. The van der Waals surface area contributed by atoms with Crippen molar-refractivity contribution in [3.05, 3.63) is 0 Å². The Morgan fingerprint density at radius 1 is 1.75 bits per heavy atom. The van der Waals surface area contributed by atoms with Crippen molar-refractivity contribution in [1.29, 1.82) is 0 Å². The van der Waals surface area contributed by atoms with E-state index in [0.717, 1.165) is 0 Å². The molecule has 0 saturated carbocycles. The van der Waals surface area contributed by atoms with E-state index in [1.54, 1.807) is 0 Å². The molecule has 0 unspecified atom stereocenters. The Bertz CT molecular complexity index is 99.5. The second-order valence-electron chi connectivity index (χ2n) is 1.17. The van der Waals surface area contributed by atoms with E-state index in [4.69, 9.17) is 5.73 Å². The molecule has 0 amide bonds. The molecule has 0 aromatic carbocycles. The van der Waals surface area contributed by atoms with Gasteiger partial charge < -0.3 is 5.73 Å². The van der Waals surface area contributed by atoms with Crippen molar-refractivity contribution in [1.82, 2.24) is 0 Å². The molecule has 2 N–H and O–H groups in total. The van der Waals surface area contributed by atoms with E-state index in [9.17, 15) is 0 Å². The summed E-state index contributed by atoms with van der Waals surface area (Å²) in [6.07, 6.45) is 0. The molecule has 0 aliphatic heterocycles. The second-order valence-corrected chi connectivity index (χ2v) is 1.46. The summed E-state index contributed by atoms with van der Waals surface area (Å²) in [5.41, 5.74) is 5.26. The predicted molar refractivity (Wildman–Crippen MR) is 39.9 cm³/mol. The zero-order valence-corrected chi connectivity index (χ0v) is 5.43. The fraction of sp³-hybridized carbons (Fsp3) is 0.500. The van der Waals surface area contributed by atoms with E-state index in [-0.39, 0.29) is 0 Å². The number of hydrogen-bond donors (Lipinski definition) is 2. The molecule has 0 fully saturated rings. The maximum atomic E-state index is 5.26. The van der Waals surface area contributed by atoms with Crippen molar-refractivity contribution in [2.24, 2.45) is 15.7 Å². The number of thiol groups is 1. The van der Waals surface area contributed by atoms with E-state index in [2.05, 4.69) is 29.3 Å². The smallest absolute Gasteiger partial charge is 0.116 e. The van der Waals surface area contributed by atoms with Crippen LogP contribution in [0.5, 0.6) is 0 Å². The largest absolute Gasteiger partial charge is 0.386 e. The van der Waals surface area contributed by atoms with Gasteiger partial charge in [0.15, 0.2) is 0 Å². The third-order valence-electron chi connectivity index (χ3n) is 0.548. The van der Waals surface area contributed by atoms with Crippen LogP contribution in [-0.4, -0.2) is 25.0 Å². The first-order chi connectivity index (χ1) is 3.81. The minimum absolute atomic E-state index is 0.403. The van der Waals surface area contributed by atoms with Crippen LogP contribution in [0.2, 0.25) is 0 Å². The summed E-state index contributed by atoms with van der Waals surface area (Å²) < 4.78 is 0. The quantitative estimate of drug-likeness (QED) is 0.314. The van der Waals surface area contributed by atoms with Crippen molar-refractivity contribution < 1.29 is 0 Å². The summed E-state index contributed by atoms with van der Waals surface area (Å²) in [4.78, 5) is 7.25. The number of nitrogens with zero attached hydrogens (tertiary/aromatic N) is 2. The van der Waals surface area contributed by atoms with Crippen LogP contribution in [0.15, 0.2) is 9.98 Å². The third kappa shape index (κ3) is 3.67. The van der Waals surface area contributed by atoms with E-state index >= 15 is 0 Å². The zero-order chi connectivity index (χ0) is 6.41. The van der Waals surface area contributed by atoms with Crippen LogP contribution in [0.4, 0.5) is 0 Å². The lowest BCUT2D eigenvalue weighted by molar-refractivity contribution is 1.23. The summed E-state index contributed by atoms with van der Waals surface area (Å²) in [6, 6.07) is 0. The molecule has 0 saturated heterocycles. The zero-order valence-electron chi connectivity index (χ0n) is 4.54. The first kappa shape index (κ1) is 7.49. The van der Waals surface area contributed by atoms with Crippen LogP contribution >= 0.6 is 12.6 Å². The van der Waals surface area contributed by atoms with E-state index < -0.39 is 0 Å². The van der Waals surface area contributed by atoms with Gasteiger partial charge in [-0.3, -0.25) is 9.98 Å². The second kappa shape index (κ2) is 4.64. The highest BCUT2D eigenvalue weighted by Gasteiger charge is 1.82. The molecule has 0 aliphatic rings. The van der Waals surface area contributed by atoms with E-state index in [1.807, 2.05) is 0 Å². The summed E-state index contributed by atoms with van der Waals surface area (Å²) in [5, 5.41) is 0. The number of rotatable bonds is 3. The Hall–Kier alpha value is -0.510. The molecule has 0 bridgehead atoms. The van der Waals surface area contributed by atoms with E-state index in [0.29, 0.717) is 18.3 Å². The van der Waals surface area contributed by atoms with Crippen molar-refractivity contribution in [2.75, 3.05) is 12.4 Å². The Labute approximate surface area is 54.1 Å². The first-order valence-electron chi connectivity index (χ1n) is 2.13. The molecule has 4 heteroatoms. The normalized spacial score (nSPS) is 11.4. The fourth-order valence-electron chi connectivity index (χ4n) is 0.255. The van der Waals surface area contributed by atoms with Crippen LogP contribution in [0.1, 0.15) is 0 Å². The molecule has 0 aromatic heterocycles. The van der Waals surface area contributed by atoms with Gasteiger partial charge in [-0.1, -0.05) is 0 Å². The average molecular weight is 131 g/mol. The van der Waals surface area contributed by atoms with Crippen LogP contribution in [-0.2, 0) is 0 Å². The summed E-state index contributed by atoms with van der Waals surface area (Å²) in [7, 11) is 0. The SMILES string of the molecule is C=NC/C(N)=N\CS. The highest BCUT2D eigenvalue weighted by molar-refractivity contribution is 7.80. The minimum Gasteiger partial charge on any atom is -0.386 e. The number of nitrogens with two attached hydrogens (primary N) is 1. The predicted octanol–water partition coefficient (Wildman–Crippen LogP) is -0.0685. The third-order valence-corrected chi connectivity index (χ3v) is 0.689. The fourth-order valence-corrected chi connectivity index (χ4v) is 0.437. The van der Waals surface area contributed by atoms with Crippen LogP contribution in [0.25, 0.3) is 0 Å². The van der Waals surface area contributed by atoms with Crippen LogP contribution < -0.4 is 5.73 Å². The topological polar surface area (TPSA) is 50.7 Å². The summed E-state index contributed by atoms with van der Waals surface area (Å²) in [5.74, 6) is 0.899. The van der Waals surface area contributed by atoms with E-state index in [1.165, 1.54) is 0 Å². The molecule has 8 heavy (non-hydrogen) atoms. The van der Waals surface area contributed by atoms with Crippen molar-refractivity contribution in [3.8, 4) is 0 Å². The molecule has 46 valence electrons. The van der Waals surface area contributed by atoms with Gasteiger partial charge in [-0.2, -0.15) is 12.6 Å². The monoisotopic (exact) mass is 131 g/mol. The van der Waals surface area contributed by atoms with Gasteiger partial charge in [0.25, 0.3) is 0 Å². The lowest BCUT2D eigenvalue weighted by atomic mass is 10.6. The molecular weight excluding hydrogens is 122 g/mol. The van der Waals surface area contributed by atoms with Gasteiger partial charge >= 0.3 is 0 Å². The number of amidine groups is 1. The highest BCUT2D eigenvalue weighted by Crippen LogP contribution is 1.75. The van der Waals surface area contributed by atoms with Gasteiger partial charge in [0.1, 0.15) is 5.84 Å². The van der Waals surface area contributed by atoms with Crippen LogP contribution in [0, 0.1) is 0 Å². The van der Waals surface area contributed by atoms with Crippen LogP contribution in [0.3, 0.4) is 0 Å². The Morgan fingerprint density at radius 2 is 2.38 bits per heavy atom. The maximum absolute atomic E-state index is 5.26.